The molecule has 282 valence electrons. The molecule has 0 aromatic heterocycles. The van der Waals surface area contributed by atoms with Crippen molar-refractivity contribution in [3.8, 4) is 0 Å². The van der Waals surface area contributed by atoms with Gasteiger partial charge in [-0.25, -0.2) is 8.42 Å². The maximum absolute atomic E-state index is 13.6. The van der Waals surface area contributed by atoms with Crippen molar-refractivity contribution in [1.29, 1.82) is 0 Å². The van der Waals surface area contributed by atoms with Crippen LogP contribution in [-0.2, 0) is 48.6 Å². The molecule has 2 saturated heterocycles. The van der Waals surface area contributed by atoms with Crippen molar-refractivity contribution in [2.75, 3.05) is 26.8 Å². The van der Waals surface area contributed by atoms with Crippen LogP contribution in [0.1, 0.15) is 65.5 Å². The van der Waals surface area contributed by atoms with Crippen LogP contribution in [0.25, 0.3) is 0 Å². The first-order valence-electron chi connectivity index (χ1n) is 18.4. The number of benzene rings is 4. The van der Waals surface area contributed by atoms with E-state index in [9.17, 15) is 18.3 Å². The summed E-state index contributed by atoms with van der Waals surface area (Å²) >= 11 is 0. The fraction of sp³-hybridized carbons (Fsp3) is 0.405. The molecule has 2 aliphatic heterocycles. The minimum Gasteiger partial charge on any atom is -0.392 e. The van der Waals surface area contributed by atoms with Crippen molar-refractivity contribution in [3.05, 3.63) is 137 Å². The lowest BCUT2D eigenvalue weighted by molar-refractivity contribution is -0.276. The lowest BCUT2D eigenvalue weighted by Crippen LogP contribution is -2.47. The lowest BCUT2D eigenvalue weighted by atomic mass is 9.90. The van der Waals surface area contributed by atoms with Gasteiger partial charge in [-0.1, -0.05) is 103 Å². The molecular formula is C42H51N3O7S. The van der Waals surface area contributed by atoms with E-state index >= 15 is 0 Å². The summed E-state index contributed by atoms with van der Waals surface area (Å²) in [6.07, 6.45) is 1.49. The third-order valence-corrected chi connectivity index (χ3v) is 11.8. The normalized spacial score (nSPS) is 22.8. The average Bonchev–Trinajstić information content (AvgIpc) is 3.61. The number of nitrogens with one attached hydrogen (secondary N) is 2. The van der Waals surface area contributed by atoms with Crippen LogP contribution in [0.15, 0.2) is 108 Å². The van der Waals surface area contributed by atoms with Gasteiger partial charge in [-0.15, -0.1) is 0 Å². The van der Waals surface area contributed by atoms with Gasteiger partial charge in [0.05, 0.1) is 30.3 Å². The quantitative estimate of drug-likeness (QED) is 0.144. The predicted octanol–water partition coefficient (Wildman–Crippen LogP) is 5.60. The highest BCUT2D eigenvalue weighted by Crippen LogP contribution is 2.42. The summed E-state index contributed by atoms with van der Waals surface area (Å²) in [5.74, 6) is -0.357. The minimum atomic E-state index is -3.95. The second-order valence-corrected chi connectivity index (χ2v) is 15.9. The molecule has 6 rings (SSSR count). The van der Waals surface area contributed by atoms with Gasteiger partial charge in [0.1, 0.15) is 6.04 Å². The molecule has 11 heteroatoms. The van der Waals surface area contributed by atoms with Crippen molar-refractivity contribution >= 4 is 15.9 Å². The van der Waals surface area contributed by atoms with Gasteiger partial charge < -0.3 is 24.6 Å². The Morgan fingerprint density at radius 1 is 0.906 bits per heavy atom. The highest BCUT2D eigenvalue weighted by molar-refractivity contribution is 7.89. The van der Waals surface area contributed by atoms with Crippen LogP contribution in [-0.4, -0.2) is 69.3 Å². The Kier molecular flexibility index (Phi) is 13.1. The summed E-state index contributed by atoms with van der Waals surface area (Å²) < 4.78 is 48.1. The molecule has 6 atom stereocenters. The van der Waals surface area contributed by atoms with Crippen LogP contribution in [0.5, 0.6) is 0 Å². The van der Waals surface area contributed by atoms with Gasteiger partial charge in [-0.3, -0.25) is 9.69 Å². The SMILES string of the molecule is COCC1CCCN1CC1OC(c2ccc(CNC(=O)C(Cc3ccccc3)NS(=O)(=O)c3ccc(C)cc3)cc2)OC(c2ccc(CO)cc2)C1C. The van der Waals surface area contributed by atoms with Crippen molar-refractivity contribution in [2.24, 2.45) is 5.92 Å². The van der Waals surface area contributed by atoms with E-state index in [4.69, 9.17) is 14.2 Å². The number of methoxy groups -OCH3 is 1. The minimum absolute atomic E-state index is 0.0188. The molecule has 53 heavy (non-hydrogen) atoms. The molecule has 0 spiro atoms. The number of carbonyl (C=O) groups excluding carboxylic acids is 1. The molecular weight excluding hydrogens is 691 g/mol. The molecule has 2 heterocycles. The molecule has 0 radical (unpaired) electrons. The van der Waals surface area contributed by atoms with Crippen molar-refractivity contribution in [2.45, 2.75) is 81.7 Å². The van der Waals surface area contributed by atoms with Gasteiger partial charge >= 0.3 is 0 Å². The van der Waals surface area contributed by atoms with Crippen molar-refractivity contribution < 1.29 is 32.5 Å². The van der Waals surface area contributed by atoms with Crippen LogP contribution in [0.4, 0.5) is 0 Å². The van der Waals surface area contributed by atoms with Gasteiger partial charge in [-0.05, 0) is 67.1 Å². The maximum Gasteiger partial charge on any atom is 0.241 e. The second-order valence-electron chi connectivity index (χ2n) is 14.2. The monoisotopic (exact) mass is 741 g/mol. The Bertz CT molecular complexity index is 1870. The number of likely N-dealkylation sites (tertiary alicyclic amines) is 1. The molecule has 2 aliphatic rings. The van der Waals surface area contributed by atoms with E-state index in [1.807, 2.05) is 85.8 Å². The van der Waals surface area contributed by atoms with Gasteiger partial charge in [0, 0.05) is 37.7 Å². The predicted molar refractivity (Wildman–Crippen MR) is 203 cm³/mol. The fourth-order valence-electron chi connectivity index (χ4n) is 7.19. The molecule has 6 unspecified atom stereocenters. The zero-order valence-corrected chi connectivity index (χ0v) is 31.5. The molecule has 2 fully saturated rings. The Hall–Kier alpha value is -3.94. The maximum atomic E-state index is 13.6. The van der Waals surface area contributed by atoms with E-state index in [2.05, 4.69) is 21.9 Å². The largest absolute Gasteiger partial charge is 0.392 e. The van der Waals surface area contributed by atoms with Crippen LogP contribution in [0.3, 0.4) is 0 Å². The third-order valence-electron chi connectivity index (χ3n) is 10.3. The topological polar surface area (TPSA) is 126 Å². The van der Waals surface area contributed by atoms with Crippen molar-refractivity contribution in [1.82, 2.24) is 14.9 Å². The van der Waals surface area contributed by atoms with E-state index in [-0.39, 0.29) is 42.6 Å². The Balaban J connectivity index is 1.15. The highest BCUT2D eigenvalue weighted by Gasteiger charge is 2.40. The number of nitrogens with zero attached hydrogens (tertiary/aromatic N) is 1. The Morgan fingerprint density at radius 3 is 2.26 bits per heavy atom. The standard InChI is InChI=1S/C42H51N3O7S/c1-29-11-21-37(22-12-29)53(48,49)44-38(24-31-8-5-4-6-9-31)41(47)43-25-32-13-19-35(20-14-32)42-51-39(26-45-23-7-10-36(45)28-50-3)30(2)40(52-42)34-17-15-33(27-46)16-18-34/h4-6,8-9,11-22,30,36,38-40,42,44,46H,7,10,23-28H2,1-3H3,(H,43,47). The molecule has 4 aromatic carbocycles. The number of carbonyl (C=O) groups is 1. The van der Waals surface area contributed by atoms with Crippen molar-refractivity contribution in [3.63, 3.8) is 0 Å². The number of rotatable bonds is 15. The summed E-state index contributed by atoms with van der Waals surface area (Å²) in [4.78, 5) is 16.2. The fourth-order valence-corrected chi connectivity index (χ4v) is 8.39. The first-order valence-corrected chi connectivity index (χ1v) is 19.8. The number of amides is 1. The Labute approximate surface area is 313 Å². The van der Waals surface area contributed by atoms with E-state index in [1.165, 1.54) is 0 Å². The van der Waals surface area contributed by atoms with Crippen LogP contribution in [0, 0.1) is 12.8 Å². The molecule has 1 amide bonds. The summed E-state index contributed by atoms with van der Waals surface area (Å²) in [5, 5.41) is 12.6. The summed E-state index contributed by atoms with van der Waals surface area (Å²) in [6, 6.07) is 30.9. The number of hydrogen-bond donors (Lipinski definition) is 3. The van der Waals surface area contributed by atoms with Gasteiger partial charge in [-0.2, -0.15) is 4.72 Å². The second kappa shape index (κ2) is 17.9. The smallest absolute Gasteiger partial charge is 0.241 e. The number of ether oxygens (including phenoxy) is 3. The van der Waals surface area contributed by atoms with E-state index in [0.29, 0.717) is 12.6 Å². The van der Waals surface area contributed by atoms with E-state index in [0.717, 1.165) is 59.3 Å². The van der Waals surface area contributed by atoms with Gasteiger partial charge in [0.15, 0.2) is 6.29 Å². The summed E-state index contributed by atoms with van der Waals surface area (Å²) in [5.41, 5.74) is 5.36. The zero-order chi connectivity index (χ0) is 37.4. The third kappa shape index (κ3) is 9.98. The molecule has 10 nitrogen and oxygen atoms in total. The first kappa shape index (κ1) is 38.8. The molecule has 4 aromatic rings. The van der Waals surface area contributed by atoms with Crippen LogP contribution in [0.2, 0.25) is 0 Å². The first-order chi connectivity index (χ1) is 25.6. The highest BCUT2D eigenvalue weighted by atomic mass is 32.2. The molecule has 3 N–H and O–H groups in total. The van der Waals surface area contributed by atoms with Crippen LogP contribution >= 0.6 is 0 Å². The van der Waals surface area contributed by atoms with Gasteiger partial charge in [0.2, 0.25) is 15.9 Å². The number of hydrogen-bond acceptors (Lipinski definition) is 8. The number of sulfonamides is 1. The number of aliphatic hydroxyl groups excluding tert-OH is 1. The lowest BCUT2D eigenvalue weighted by Gasteiger charge is -2.43. The molecule has 0 aliphatic carbocycles. The molecule has 0 bridgehead atoms. The number of aliphatic hydroxyl groups is 1. The van der Waals surface area contributed by atoms with E-state index in [1.54, 1.807) is 31.4 Å². The summed E-state index contributed by atoms with van der Waals surface area (Å²) in [7, 11) is -2.20. The molecule has 0 saturated carbocycles. The number of aryl methyl sites for hydroxylation is 1. The zero-order valence-electron chi connectivity index (χ0n) is 30.7. The summed E-state index contributed by atoms with van der Waals surface area (Å²) in [6.45, 7) is 6.71. The average molecular weight is 742 g/mol. The van der Waals surface area contributed by atoms with Gasteiger partial charge in [0.25, 0.3) is 0 Å². The van der Waals surface area contributed by atoms with Crippen LogP contribution < -0.4 is 10.0 Å². The Morgan fingerprint density at radius 2 is 1.58 bits per heavy atom. The van der Waals surface area contributed by atoms with E-state index < -0.39 is 28.3 Å².